The van der Waals surface area contributed by atoms with Crippen LogP contribution in [0, 0.1) is 5.82 Å². The van der Waals surface area contributed by atoms with Gasteiger partial charge in [0.15, 0.2) is 0 Å². The van der Waals surface area contributed by atoms with Crippen molar-refractivity contribution in [3.63, 3.8) is 0 Å². The highest BCUT2D eigenvalue weighted by Gasteiger charge is 2.37. The number of benzene rings is 2. The predicted octanol–water partition coefficient (Wildman–Crippen LogP) is 5.89. The summed E-state index contributed by atoms with van der Waals surface area (Å²) in [6.45, 7) is 2.84. The van der Waals surface area contributed by atoms with Crippen LogP contribution < -0.4 is 0 Å². The third kappa shape index (κ3) is 4.69. The number of hydrogen-bond acceptors (Lipinski definition) is 5. The van der Waals surface area contributed by atoms with Crippen LogP contribution in [0.15, 0.2) is 65.6 Å². The Morgan fingerprint density at radius 2 is 1.71 bits per heavy atom. The zero-order valence-corrected chi connectivity index (χ0v) is 19.4. The second-order valence-electron chi connectivity index (χ2n) is 7.95. The number of aromatic nitrogens is 2. The third-order valence-electron chi connectivity index (χ3n) is 5.01. The molecule has 1 unspecified atom stereocenters. The molecule has 0 radical (unpaired) electrons. The van der Waals surface area contributed by atoms with Crippen molar-refractivity contribution in [2.75, 3.05) is 0 Å². The molecule has 0 saturated heterocycles. The molecule has 0 aliphatic rings. The molecule has 178 valence electrons. The number of hydrogen-bond donors (Lipinski definition) is 1. The monoisotopic (exact) mass is 509 g/mol. The summed E-state index contributed by atoms with van der Waals surface area (Å²) in [7, 11) is 0. The van der Waals surface area contributed by atoms with Crippen molar-refractivity contribution in [3.8, 4) is 26.7 Å². The minimum absolute atomic E-state index is 0.0533. The predicted molar refractivity (Wildman–Crippen MR) is 120 cm³/mol. The van der Waals surface area contributed by atoms with Gasteiger partial charge in [-0.15, -0.1) is 11.3 Å². The lowest BCUT2D eigenvalue weighted by Gasteiger charge is -2.16. The molecule has 4 aromatic rings. The molecule has 5 nitrogen and oxygen atoms in total. The zero-order chi connectivity index (χ0) is 24.8. The van der Waals surface area contributed by atoms with E-state index in [0.29, 0.717) is 15.3 Å². The minimum atomic E-state index is -4.84. The third-order valence-corrected chi connectivity index (χ3v) is 6.81. The van der Waals surface area contributed by atoms with E-state index < -0.39 is 39.9 Å². The summed E-state index contributed by atoms with van der Waals surface area (Å²) in [5, 5.41) is 14.6. The molecule has 0 aliphatic heterocycles. The van der Waals surface area contributed by atoms with Crippen LogP contribution in [0.1, 0.15) is 25.1 Å². The van der Waals surface area contributed by atoms with Gasteiger partial charge in [0.1, 0.15) is 17.1 Å². The van der Waals surface area contributed by atoms with Crippen molar-refractivity contribution in [3.05, 3.63) is 77.7 Å². The van der Waals surface area contributed by atoms with E-state index in [1.54, 1.807) is 24.3 Å². The molecule has 2 aromatic heterocycles. The molecular weight excluding hydrogens is 492 g/mol. The Balaban J connectivity index is 1.92. The minimum Gasteiger partial charge on any atom is -0.768 e. The molecular formula is C23H17F4N2O3S2-. The molecule has 0 spiro atoms. The van der Waals surface area contributed by atoms with Gasteiger partial charge in [0.05, 0.1) is 21.8 Å². The smallest absolute Gasteiger partial charge is 0.418 e. The van der Waals surface area contributed by atoms with Crippen molar-refractivity contribution < 1.29 is 31.4 Å². The van der Waals surface area contributed by atoms with E-state index in [9.17, 15) is 31.4 Å². The van der Waals surface area contributed by atoms with E-state index in [1.165, 1.54) is 32.0 Å². The summed E-state index contributed by atoms with van der Waals surface area (Å²) in [4.78, 5) is 1.18. The summed E-state index contributed by atoms with van der Waals surface area (Å²) in [5.41, 5.74) is -2.70. The Morgan fingerprint density at radius 3 is 2.35 bits per heavy atom. The molecule has 0 saturated carbocycles. The highest BCUT2D eigenvalue weighted by atomic mass is 32.2. The maximum Gasteiger partial charge on any atom is 0.418 e. The fourth-order valence-electron chi connectivity index (χ4n) is 3.37. The standard InChI is InChI=1S/C23H18F4N2O3S2/c1-22(2,30)20-12-17(29(28-20)21-15(23(25,26)27)7-4-8-16(21)24)19-10-9-18(33-19)13-5-3-6-14(11-13)34(31)32/h3-12,30H,1-2H3,(H,31,32)/p-1. The van der Waals surface area contributed by atoms with Crippen molar-refractivity contribution in [2.24, 2.45) is 0 Å². The fraction of sp³-hybridized carbons (Fsp3) is 0.174. The van der Waals surface area contributed by atoms with Crippen LogP contribution in [-0.4, -0.2) is 23.6 Å². The molecule has 2 aromatic carbocycles. The van der Waals surface area contributed by atoms with E-state index in [4.69, 9.17) is 0 Å². The quantitative estimate of drug-likeness (QED) is 0.269. The van der Waals surface area contributed by atoms with Gasteiger partial charge in [-0.05, 0) is 73.0 Å². The number of nitrogens with zero attached hydrogens (tertiary/aromatic N) is 2. The van der Waals surface area contributed by atoms with E-state index >= 15 is 0 Å². The Morgan fingerprint density at radius 1 is 1.03 bits per heavy atom. The molecule has 34 heavy (non-hydrogen) atoms. The average Bonchev–Trinajstić information content (AvgIpc) is 3.40. The topological polar surface area (TPSA) is 78.2 Å². The first-order valence-electron chi connectivity index (χ1n) is 9.85. The molecule has 4 rings (SSSR count). The SMILES string of the molecule is CC(C)(O)c1cc(-c2ccc(-c3cccc(S(=O)[O-])c3)s2)n(-c2c(F)cccc2C(F)(F)F)n1. The van der Waals surface area contributed by atoms with Gasteiger partial charge >= 0.3 is 6.18 Å². The molecule has 11 heteroatoms. The van der Waals surface area contributed by atoms with Gasteiger partial charge in [-0.1, -0.05) is 18.2 Å². The second kappa shape index (κ2) is 8.73. The highest BCUT2D eigenvalue weighted by molar-refractivity contribution is 7.79. The lowest BCUT2D eigenvalue weighted by molar-refractivity contribution is -0.137. The Kier molecular flexibility index (Phi) is 6.23. The van der Waals surface area contributed by atoms with Gasteiger partial charge in [-0.2, -0.15) is 18.3 Å². The van der Waals surface area contributed by atoms with Crippen LogP contribution in [0.3, 0.4) is 0 Å². The van der Waals surface area contributed by atoms with Crippen molar-refractivity contribution in [1.82, 2.24) is 9.78 Å². The first-order chi connectivity index (χ1) is 15.9. The van der Waals surface area contributed by atoms with Crippen LogP contribution in [0.4, 0.5) is 17.6 Å². The summed E-state index contributed by atoms with van der Waals surface area (Å²) < 4.78 is 79.4. The van der Waals surface area contributed by atoms with E-state index in [-0.39, 0.29) is 16.3 Å². The molecule has 1 N–H and O–H groups in total. The largest absolute Gasteiger partial charge is 0.768 e. The number of alkyl halides is 3. The van der Waals surface area contributed by atoms with Crippen LogP contribution >= 0.6 is 11.3 Å². The Hall–Kier alpha value is -2.86. The maximum absolute atomic E-state index is 14.8. The van der Waals surface area contributed by atoms with Gasteiger partial charge in [-0.3, -0.25) is 4.21 Å². The first kappa shape index (κ1) is 24.3. The van der Waals surface area contributed by atoms with Crippen LogP contribution in [0.25, 0.3) is 26.7 Å². The summed E-state index contributed by atoms with van der Waals surface area (Å²) in [6, 6.07) is 13.5. The second-order valence-corrected chi connectivity index (χ2v) is 9.97. The van der Waals surface area contributed by atoms with Gasteiger partial charge in [0.2, 0.25) is 0 Å². The van der Waals surface area contributed by atoms with E-state index in [1.807, 2.05) is 0 Å². The lowest BCUT2D eigenvalue weighted by atomic mass is 10.1. The van der Waals surface area contributed by atoms with Crippen molar-refractivity contribution in [2.45, 2.75) is 30.5 Å². The molecule has 0 aliphatic carbocycles. The number of halogens is 4. The van der Waals surface area contributed by atoms with E-state index in [0.717, 1.165) is 34.2 Å². The van der Waals surface area contributed by atoms with Crippen LogP contribution in [0.2, 0.25) is 0 Å². The molecule has 1 atom stereocenters. The number of thiophene rings is 1. The van der Waals surface area contributed by atoms with Crippen molar-refractivity contribution >= 4 is 22.4 Å². The maximum atomic E-state index is 14.8. The highest BCUT2D eigenvalue weighted by Crippen LogP contribution is 2.40. The molecule has 0 amide bonds. The summed E-state index contributed by atoms with van der Waals surface area (Å²) in [5.74, 6) is -1.12. The molecule has 0 fully saturated rings. The van der Waals surface area contributed by atoms with Gasteiger partial charge in [0, 0.05) is 9.77 Å². The zero-order valence-electron chi connectivity index (χ0n) is 17.8. The molecule has 0 bridgehead atoms. The fourth-order valence-corrected chi connectivity index (χ4v) is 4.79. The molecule has 2 heterocycles. The Labute approximate surface area is 198 Å². The van der Waals surface area contributed by atoms with Crippen molar-refractivity contribution in [1.29, 1.82) is 0 Å². The van der Waals surface area contributed by atoms with Gasteiger partial charge < -0.3 is 9.66 Å². The van der Waals surface area contributed by atoms with Gasteiger partial charge in [-0.25, -0.2) is 9.07 Å². The number of rotatable bonds is 5. The lowest BCUT2D eigenvalue weighted by Crippen LogP contribution is -2.18. The Bertz CT molecular complexity index is 1390. The van der Waals surface area contributed by atoms with Crippen LogP contribution in [-0.2, 0) is 22.9 Å². The van der Waals surface area contributed by atoms with Gasteiger partial charge in [0.25, 0.3) is 0 Å². The number of para-hydroxylation sites is 1. The van der Waals surface area contributed by atoms with Crippen LogP contribution in [0.5, 0.6) is 0 Å². The average molecular weight is 510 g/mol. The van der Waals surface area contributed by atoms with E-state index in [2.05, 4.69) is 5.10 Å². The first-order valence-corrected chi connectivity index (χ1v) is 11.7. The summed E-state index contributed by atoms with van der Waals surface area (Å²) in [6.07, 6.45) is -4.84. The normalized spacial score (nSPS) is 13.3. The number of aliphatic hydroxyl groups is 1. The summed E-state index contributed by atoms with van der Waals surface area (Å²) >= 11 is -1.26.